The lowest BCUT2D eigenvalue weighted by Crippen LogP contribution is -2.25. The van der Waals surface area contributed by atoms with E-state index in [1.165, 1.54) is 18.3 Å². The standard InChI is InChI=1S/C10H14N2O5S/c1-18(15,16)5-4-17-10(14)7-12-6-8(11)2-3-9(12)13/h2-3,6H,4-5,7,11H2,1H3. The maximum Gasteiger partial charge on any atom is 0.326 e. The minimum atomic E-state index is -3.17. The van der Waals surface area contributed by atoms with E-state index in [9.17, 15) is 18.0 Å². The third-order valence-corrected chi connectivity index (χ3v) is 2.93. The normalized spacial score (nSPS) is 11.2. The van der Waals surface area contributed by atoms with E-state index in [1.807, 2.05) is 0 Å². The molecule has 18 heavy (non-hydrogen) atoms. The van der Waals surface area contributed by atoms with Gasteiger partial charge in [0.2, 0.25) is 0 Å². The number of nitrogens with zero attached hydrogens (tertiary/aromatic N) is 1. The van der Waals surface area contributed by atoms with Gasteiger partial charge in [0.05, 0.1) is 5.75 Å². The third-order valence-electron chi connectivity index (χ3n) is 2.02. The summed E-state index contributed by atoms with van der Waals surface area (Å²) in [6.07, 6.45) is 2.36. The summed E-state index contributed by atoms with van der Waals surface area (Å²) in [6, 6.07) is 2.66. The predicted molar refractivity (Wildman–Crippen MR) is 65.8 cm³/mol. The zero-order chi connectivity index (χ0) is 13.8. The number of anilines is 1. The number of aromatic nitrogens is 1. The van der Waals surface area contributed by atoms with E-state index < -0.39 is 15.8 Å². The van der Waals surface area contributed by atoms with E-state index in [0.29, 0.717) is 5.69 Å². The molecule has 100 valence electrons. The molecule has 0 saturated carbocycles. The fraction of sp³-hybridized carbons (Fsp3) is 0.400. The van der Waals surface area contributed by atoms with Gasteiger partial charge in [-0.2, -0.15) is 0 Å². The van der Waals surface area contributed by atoms with Gasteiger partial charge in [0, 0.05) is 24.2 Å². The van der Waals surface area contributed by atoms with Gasteiger partial charge in [-0.15, -0.1) is 0 Å². The van der Waals surface area contributed by atoms with Crippen LogP contribution >= 0.6 is 0 Å². The van der Waals surface area contributed by atoms with Crippen molar-refractivity contribution in [3.05, 3.63) is 28.7 Å². The van der Waals surface area contributed by atoms with Crippen molar-refractivity contribution in [2.75, 3.05) is 24.3 Å². The number of esters is 1. The molecule has 2 N–H and O–H groups in total. The van der Waals surface area contributed by atoms with Gasteiger partial charge >= 0.3 is 5.97 Å². The Morgan fingerprint density at radius 2 is 2.11 bits per heavy atom. The van der Waals surface area contributed by atoms with E-state index in [2.05, 4.69) is 0 Å². The molecule has 0 atom stereocenters. The largest absolute Gasteiger partial charge is 0.463 e. The zero-order valence-corrected chi connectivity index (χ0v) is 10.6. The molecule has 1 heterocycles. The number of nitrogen functional groups attached to an aromatic ring is 1. The molecule has 1 aromatic heterocycles. The average molecular weight is 274 g/mol. The van der Waals surface area contributed by atoms with Crippen LogP contribution in [0.5, 0.6) is 0 Å². The summed E-state index contributed by atoms with van der Waals surface area (Å²) in [6.45, 7) is -0.525. The number of nitrogens with two attached hydrogens (primary N) is 1. The van der Waals surface area contributed by atoms with Crippen molar-refractivity contribution in [1.29, 1.82) is 0 Å². The van der Waals surface area contributed by atoms with Crippen LogP contribution in [-0.4, -0.2) is 37.6 Å². The number of hydrogen-bond acceptors (Lipinski definition) is 6. The summed E-state index contributed by atoms with van der Waals surface area (Å²) in [5.41, 5.74) is 5.43. The van der Waals surface area contributed by atoms with Crippen LogP contribution in [0.3, 0.4) is 0 Å². The maximum atomic E-state index is 11.3. The molecule has 0 aliphatic carbocycles. The third kappa shape index (κ3) is 5.00. The Kier molecular flexibility index (Phi) is 4.49. The van der Waals surface area contributed by atoms with Gasteiger partial charge < -0.3 is 15.0 Å². The first kappa shape index (κ1) is 14.2. The van der Waals surface area contributed by atoms with Gasteiger partial charge in [0.15, 0.2) is 9.84 Å². The van der Waals surface area contributed by atoms with Crippen molar-refractivity contribution in [3.8, 4) is 0 Å². The molecule has 0 radical (unpaired) electrons. The van der Waals surface area contributed by atoms with Crippen LogP contribution in [0, 0.1) is 0 Å². The lowest BCUT2D eigenvalue weighted by atomic mass is 10.4. The van der Waals surface area contributed by atoms with E-state index >= 15 is 0 Å². The maximum absolute atomic E-state index is 11.3. The van der Waals surface area contributed by atoms with Crippen molar-refractivity contribution in [3.63, 3.8) is 0 Å². The Morgan fingerprint density at radius 1 is 1.44 bits per heavy atom. The number of hydrogen-bond donors (Lipinski definition) is 1. The molecule has 7 nitrogen and oxygen atoms in total. The predicted octanol–water partition coefficient (Wildman–Crippen LogP) is -0.982. The van der Waals surface area contributed by atoms with Crippen LogP contribution in [0.15, 0.2) is 23.1 Å². The zero-order valence-electron chi connectivity index (χ0n) is 9.83. The van der Waals surface area contributed by atoms with E-state index in [-0.39, 0.29) is 24.5 Å². The Hall–Kier alpha value is -1.83. The molecule has 0 fully saturated rings. The van der Waals surface area contributed by atoms with Crippen LogP contribution in [0.2, 0.25) is 0 Å². The van der Waals surface area contributed by atoms with Crippen molar-refractivity contribution in [2.24, 2.45) is 0 Å². The number of rotatable bonds is 5. The number of pyridine rings is 1. The summed E-state index contributed by atoms with van der Waals surface area (Å²) in [7, 11) is -3.17. The highest BCUT2D eigenvalue weighted by Crippen LogP contribution is 1.96. The fourth-order valence-electron chi connectivity index (χ4n) is 1.17. The van der Waals surface area contributed by atoms with Crippen LogP contribution in [0.1, 0.15) is 0 Å². The second-order valence-corrected chi connectivity index (χ2v) is 6.04. The minimum absolute atomic E-state index is 0.227. The number of ether oxygens (including phenoxy) is 1. The first-order valence-electron chi connectivity index (χ1n) is 5.07. The lowest BCUT2D eigenvalue weighted by molar-refractivity contribution is -0.143. The van der Waals surface area contributed by atoms with Crippen LogP contribution in [-0.2, 0) is 25.9 Å². The van der Waals surface area contributed by atoms with Crippen molar-refractivity contribution in [1.82, 2.24) is 4.57 Å². The molecule has 0 aliphatic heterocycles. The smallest absolute Gasteiger partial charge is 0.326 e. The highest BCUT2D eigenvalue weighted by molar-refractivity contribution is 7.90. The van der Waals surface area contributed by atoms with E-state index in [0.717, 1.165) is 10.8 Å². The molecule has 0 spiro atoms. The lowest BCUT2D eigenvalue weighted by Gasteiger charge is -2.06. The Morgan fingerprint density at radius 3 is 2.72 bits per heavy atom. The molecule has 0 saturated heterocycles. The van der Waals surface area contributed by atoms with E-state index in [4.69, 9.17) is 10.5 Å². The minimum Gasteiger partial charge on any atom is -0.463 e. The van der Waals surface area contributed by atoms with Gasteiger partial charge in [-0.1, -0.05) is 0 Å². The molecule has 0 unspecified atom stereocenters. The summed E-state index contributed by atoms with van der Waals surface area (Å²) in [4.78, 5) is 22.7. The highest BCUT2D eigenvalue weighted by Gasteiger charge is 2.08. The topological polar surface area (TPSA) is 108 Å². The Labute approximate surface area is 104 Å². The molecule has 1 aromatic rings. The van der Waals surface area contributed by atoms with Gasteiger partial charge in [-0.05, 0) is 6.07 Å². The molecular weight excluding hydrogens is 260 g/mol. The van der Waals surface area contributed by atoms with Gasteiger partial charge in [-0.25, -0.2) is 8.42 Å². The van der Waals surface area contributed by atoms with Crippen LogP contribution < -0.4 is 11.3 Å². The molecule has 8 heteroatoms. The number of sulfone groups is 1. The fourth-order valence-corrected chi connectivity index (χ4v) is 1.55. The summed E-state index contributed by atoms with van der Waals surface area (Å²) in [5, 5.41) is 0. The first-order valence-corrected chi connectivity index (χ1v) is 7.13. The SMILES string of the molecule is CS(=O)(=O)CCOC(=O)Cn1cc(N)ccc1=O. The van der Waals surface area contributed by atoms with Gasteiger partial charge in [-0.3, -0.25) is 9.59 Å². The van der Waals surface area contributed by atoms with Crippen LogP contribution in [0.4, 0.5) is 5.69 Å². The molecular formula is C10H14N2O5S. The van der Waals surface area contributed by atoms with Crippen molar-refractivity contribution < 1.29 is 17.9 Å². The van der Waals surface area contributed by atoms with Crippen molar-refractivity contribution in [2.45, 2.75) is 6.54 Å². The highest BCUT2D eigenvalue weighted by atomic mass is 32.2. The monoisotopic (exact) mass is 274 g/mol. The Balaban J connectivity index is 2.55. The summed E-state index contributed by atoms with van der Waals surface area (Å²) in [5.74, 6) is -0.934. The van der Waals surface area contributed by atoms with Crippen LogP contribution in [0.25, 0.3) is 0 Å². The summed E-state index contributed by atoms with van der Waals surface area (Å²) >= 11 is 0. The molecule has 1 rings (SSSR count). The number of carbonyl (C=O) groups excluding carboxylic acids is 1. The molecule has 0 bridgehead atoms. The molecule has 0 amide bonds. The number of carbonyl (C=O) groups is 1. The van der Waals surface area contributed by atoms with Gasteiger partial charge in [0.25, 0.3) is 5.56 Å². The Bertz CT molecular complexity index is 591. The molecule has 0 aliphatic rings. The quantitative estimate of drug-likeness (QED) is 0.691. The van der Waals surface area contributed by atoms with Gasteiger partial charge in [0.1, 0.15) is 13.2 Å². The molecule has 0 aromatic carbocycles. The second-order valence-electron chi connectivity index (χ2n) is 3.78. The average Bonchev–Trinajstić information content (AvgIpc) is 2.21. The summed E-state index contributed by atoms with van der Waals surface area (Å²) < 4.78 is 27.4. The first-order chi connectivity index (χ1) is 8.28. The second kappa shape index (κ2) is 5.67. The van der Waals surface area contributed by atoms with E-state index in [1.54, 1.807) is 0 Å². The van der Waals surface area contributed by atoms with Crippen molar-refractivity contribution >= 4 is 21.5 Å².